The van der Waals surface area contributed by atoms with E-state index in [4.69, 9.17) is 20.3 Å². The van der Waals surface area contributed by atoms with Crippen LogP contribution in [0, 0.1) is 0 Å². The minimum atomic E-state index is -1.10. The molecule has 2 aromatic carbocycles. The number of nitrogens with one attached hydrogen (secondary N) is 1. The summed E-state index contributed by atoms with van der Waals surface area (Å²) in [6.07, 6.45) is -0.403. The number of primary amides is 1. The van der Waals surface area contributed by atoms with Crippen molar-refractivity contribution in [3.05, 3.63) is 48.0 Å². The first-order chi connectivity index (χ1) is 13.4. The van der Waals surface area contributed by atoms with E-state index in [-0.39, 0.29) is 18.4 Å². The van der Waals surface area contributed by atoms with Gasteiger partial charge in [0.1, 0.15) is 17.5 Å². The third-order valence-electron chi connectivity index (χ3n) is 4.13. The number of carbonyl (C=O) groups excluding carboxylic acids is 2. The summed E-state index contributed by atoms with van der Waals surface area (Å²) in [7, 11) is 2.95. The van der Waals surface area contributed by atoms with E-state index in [2.05, 4.69) is 5.32 Å². The molecule has 148 valence electrons. The molecule has 0 aliphatic rings. The number of carboxylic acids is 1. The number of methoxy groups -OCH3 is 2. The van der Waals surface area contributed by atoms with Gasteiger partial charge in [-0.2, -0.15) is 0 Å². The summed E-state index contributed by atoms with van der Waals surface area (Å²) in [4.78, 5) is 34.9. The highest BCUT2D eigenvalue weighted by Crippen LogP contribution is 2.39. The highest BCUT2D eigenvalue weighted by molar-refractivity contribution is 5.99. The van der Waals surface area contributed by atoms with Crippen LogP contribution in [0.1, 0.15) is 23.2 Å². The molecule has 8 nitrogen and oxygen atoms in total. The molecule has 2 aromatic rings. The molecule has 0 saturated carbocycles. The van der Waals surface area contributed by atoms with Gasteiger partial charge >= 0.3 is 5.97 Å². The average molecular weight is 386 g/mol. The first-order valence-corrected chi connectivity index (χ1v) is 8.50. The van der Waals surface area contributed by atoms with Crippen LogP contribution in [0.4, 0.5) is 0 Å². The molecule has 1 atom stereocenters. The largest absolute Gasteiger partial charge is 0.496 e. The van der Waals surface area contributed by atoms with E-state index in [1.165, 1.54) is 26.4 Å². The van der Waals surface area contributed by atoms with E-state index >= 15 is 0 Å². The van der Waals surface area contributed by atoms with Gasteiger partial charge in [-0.1, -0.05) is 30.3 Å². The highest BCUT2D eigenvalue weighted by atomic mass is 16.5. The van der Waals surface area contributed by atoms with Crippen LogP contribution in [-0.2, 0) is 9.59 Å². The number of nitrogens with two attached hydrogens (primary N) is 1. The molecule has 0 spiro atoms. The smallest absolute Gasteiger partial charge is 0.303 e. The topological polar surface area (TPSA) is 128 Å². The average Bonchev–Trinajstić information content (AvgIpc) is 2.69. The van der Waals surface area contributed by atoms with Crippen molar-refractivity contribution in [2.24, 2.45) is 5.73 Å². The van der Waals surface area contributed by atoms with Crippen LogP contribution in [0.3, 0.4) is 0 Å². The monoisotopic (exact) mass is 386 g/mol. The number of amides is 2. The summed E-state index contributed by atoms with van der Waals surface area (Å²) in [6, 6.07) is 11.3. The molecular formula is C20H22N2O6. The number of hydrogen-bond acceptors (Lipinski definition) is 5. The predicted molar refractivity (Wildman–Crippen MR) is 102 cm³/mol. The molecule has 0 aliphatic carbocycles. The summed E-state index contributed by atoms with van der Waals surface area (Å²) < 4.78 is 10.9. The van der Waals surface area contributed by atoms with Crippen molar-refractivity contribution in [3.63, 3.8) is 0 Å². The molecule has 4 N–H and O–H groups in total. The SMILES string of the molecule is COc1cc(C(=O)N[C@@H](CCC(=O)O)C(N)=O)cc(OC)c1-c1ccccc1. The van der Waals surface area contributed by atoms with Gasteiger partial charge in [0.2, 0.25) is 5.91 Å². The zero-order chi connectivity index (χ0) is 20.7. The van der Waals surface area contributed by atoms with Gasteiger partial charge in [-0.3, -0.25) is 14.4 Å². The maximum Gasteiger partial charge on any atom is 0.303 e. The number of carbonyl (C=O) groups is 3. The van der Waals surface area contributed by atoms with Crippen LogP contribution in [0.25, 0.3) is 11.1 Å². The molecule has 0 aromatic heterocycles. The van der Waals surface area contributed by atoms with Gasteiger partial charge in [0.25, 0.3) is 5.91 Å². The van der Waals surface area contributed by atoms with Crippen molar-refractivity contribution in [3.8, 4) is 22.6 Å². The molecule has 0 aliphatic heterocycles. The van der Waals surface area contributed by atoms with E-state index in [0.717, 1.165) is 5.56 Å². The fraction of sp³-hybridized carbons (Fsp3) is 0.250. The fourth-order valence-corrected chi connectivity index (χ4v) is 2.73. The molecule has 8 heteroatoms. The molecule has 0 heterocycles. The Hall–Kier alpha value is -3.55. The van der Waals surface area contributed by atoms with E-state index in [9.17, 15) is 14.4 Å². The Morgan fingerprint density at radius 1 is 1.07 bits per heavy atom. The Bertz CT molecular complexity index is 841. The number of ether oxygens (including phenoxy) is 2. The van der Waals surface area contributed by atoms with Gasteiger partial charge in [-0.15, -0.1) is 0 Å². The molecule has 0 saturated heterocycles. The Balaban J connectivity index is 2.36. The number of aliphatic carboxylic acids is 1. The lowest BCUT2D eigenvalue weighted by atomic mass is 10.0. The first-order valence-electron chi connectivity index (χ1n) is 8.50. The third kappa shape index (κ3) is 5.00. The summed E-state index contributed by atoms with van der Waals surface area (Å²) >= 11 is 0. The van der Waals surface area contributed by atoms with Gasteiger partial charge in [0.15, 0.2) is 0 Å². The molecule has 2 amide bonds. The lowest BCUT2D eigenvalue weighted by Crippen LogP contribution is -2.44. The quantitative estimate of drug-likeness (QED) is 0.603. The van der Waals surface area contributed by atoms with E-state index in [1.807, 2.05) is 30.3 Å². The van der Waals surface area contributed by atoms with Crippen LogP contribution in [0.15, 0.2) is 42.5 Å². The van der Waals surface area contributed by atoms with Crippen molar-refractivity contribution < 1.29 is 29.0 Å². The summed E-state index contributed by atoms with van der Waals surface area (Å²) in [6.45, 7) is 0. The van der Waals surface area contributed by atoms with Crippen LogP contribution in [0.5, 0.6) is 11.5 Å². The Morgan fingerprint density at radius 3 is 2.11 bits per heavy atom. The van der Waals surface area contributed by atoms with Crippen LogP contribution >= 0.6 is 0 Å². The molecule has 28 heavy (non-hydrogen) atoms. The molecule has 0 bridgehead atoms. The summed E-state index contributed by atoms with van der Waals surface area (Å²) in [5, 5.41) is 11.2. The minimum absolute atomic E-state index is 0.104. The van der Waals surface area contributed by atoms with Crippen molar-refractivity contribution in [2.75, 3.05) is 14.2 Å². The first kappa shape index (κ1) is 20.8. The number of carboxylic acid groups (broad SMARTS) is 1. The molecular weight excluding hydrogens is 364 g/mol. The minimum Gasteiger partial charge on any atom is -0.496 e. The van der Waals surface area contributed by atoms with Crippen LogP contribution < -0.4 is 20.5 Å². The van der Waals surface area contributed by atoms with Crippen molar-refractivity contribution in [1.82, 2.24) is 5.32 Å². The van der Waals surface area contributed by atoms with Gasteiger partial charge < -0.3 is 25.6 Å². The molecule has 2 rings (SSSR count). The van der Waals surface area contributed by atoms with E-state index in [0.29, 0.717) is 17.1 Å². The molecule has 0 unspecified atom stereocenters. The molecule has 0 radical (unpaired) electrons. The van der Waals surface area contributed by atoms with Crippen molar-refractivity contribution in [2.45, 2.75) is 18.9 Å². The van der Waals surface area contributed by atoms with Crippen LogP contribution in [0.2, 0.25) is 0 Å². The summed E-state index contributed by atoms with van der Waals surface area (Å²) in [5.74, 6) is -1.66. The Labute approximate surface area is 162 Å². The highest BCUT2D eigenvalue weighted by Gasteiger charge is 2.22. The lowest BCUT2D eigenvalue weighted by molar-refractivity contribution is -0.137. The van der Waals surface area contributed by atoms with Crippen molar-refractivity contribution in [1.29, 1.82) is 0 Å². The van der Waals surface area contributed by atoms with Gasteiger partial charge in [0, 0.05) is 12.0 Å². The fourth-order valence-electron chi connectivity index (χ4n) is 2.73. The third-order valence-corrected chi connectivity index (χ3v) is 4.13. The second kappa shape index (κ2) is 9.40. The van der Waals surface area contributed by atoms with E-state index in [1.54, 1.807) is 0 Å². The number of rotatable bonds is 9. The zero-order valence-electron chi connectivity index (χ0n) is 15.6. The Morgan fingerprint density at radius 2 is 1.64 bits per heavy atom. The summed E-state index contributed by atoms with van der Waals surface area (Å²) in [5.41, 5.74) is 6.98. The van der Waals surface area contributed by atoms with Crippen molar-refractivity contribution >= 4 is 17.8 Å². The second-order valence-corrected chi connectivity index (χ2v) is 5.98. The normalized spacial score (nSPS) is 11.4. The predicted octanol–water partition coefficient (Wildman–Crippen LogP) is 1.82. The van der Waals surface area contributed by atoms with E-state index < -0.39 is 23.8 Å². The number of benzene rings is 2. The zero-order valence-corrected chi connectivity index (χ0v) is 15.6. The standard InChI is InChI=1S/C20H22N2O6/c1-27-15-10-13(20(26)22-14(19(21)25)8-9-17(23)24)11-16(28-2)18(15)12-6-4-3-5-7-12/h3-7,10-11,14H,8-9H2,1-2H3,(H2,21,25)(H,22,26)(H,23,24)/t14-/m0/s1. The second-order valence-electron chi connectivity index (χ2n) is 5.98. The molecule has 0 fully saturated rings. The Kier molecular flexibility index (Phi) is 6.97. The maximum absolute atomic E-state index is 12.6. The van der Waals surface area contributed by atoms with Gasteiger partial charge in [-0.05, 0) is 24.1 Å². The van der Waals surface area contributed by atoms with Gasteiger partial charge in [0.05, 0.1) is 19.8 Å². The van der Waals surface area contributed by atoms with Gasteiger partial charge in [-0.25, -0.2) is 0 Å². The van der Waals surface area contributed by atoms with Crippen LogP contribution in [-0.4, -0.2) is 43.2 Å². The number of hydrogen-bond donors (Lipinski definition) is 3. The lowest BCUT2D eigenvalue weighted by Gasteiger charge is -2.18. The maximum atomic E-state index is 12.6.